The third-order valence-corrected chi connectivity index (χ3v) is 6.32. The Morgan fingerprint density at radius 2 is 1.81 bits per heavy atom. The van der Waals surface area contributed by atoms with Crippen LogP contribution in [0.3, 0.4) is 0 Å². The number of hydrogen-bond donors (Lipinski definition) is 1. The van der Waals surface area contributed by atoms with Crippen LogP contribution in [0.2, 0.25) is 0 Å². The standard InChI is InChI=1S/C19H22N2O5S/c1-13-11-15(6-7-16(13)21-9-4-10-27(21,23)24)20-19(22)14-5-8-17(25-2)18(12-14)26-3/h5-8,11-12H,4,9-10H2,1-3H3,(H,20,22). The van der Waals surface area contributed by atoms with Crippen LogP contribution < -0.4 is 19.1 Å². The lowest BCUT2D eigenvalue weighted by Gasteiger charge is -2.20. The van der Waals surface area contributed by atoms with E-state index in [1.54, 1.807) is 36.4 Å². The molecule has 3 rings (SSSR count). The van der Waals surface area contributed by atoms with Crippen molar-refractivity contribution in [1.29, 1.82) is 0 Å². The third kappa shape index (κ3) is 3.85. The topological polar surface area (TPSA) is 84.9 Å². The molecule has 27 heavy (non-hydrogen) atoms. The van der Waals surface area contributed by atoms with E-state index in [-0.39, 0.29) is 11.7 Å². The van der Waals surface area contributed by atoms with Crippen molar-refractivity contribution < 1.29 is 22.7 Å². The highest BCUT2D eigenvalue weighted by Crippen LogP contribution is 2.30. The molecule has 0 saturated carbocycles. The van der Waals surface area contributed by atoms with Gasteiger partial charge in [-0.15, -0.1) is 0 Å². The Morgan fingerprint density at radius 3 is 2.41 bits per heavy atom. The van der Waals surface area contributed by atoms with Gasteiger partial charge in [0.25, 0.3) is 5.91 Å². The van der Waals surface area contributed by atoms with E-state index >= 15 is 0 Å². The number of hydrogen-bond acceptors (Lipinski definition) is 5. The molecule has 1 saturated heterocycles. The molecule has 0 bridgehead atoms. The van der Waals surface area contributed by atoms with Crippen LogP contribution in [-0.2, 0) is 10.0 Å². The minimum Gasteiger partial charge on any atom is -0.493 e. The highest BCUT2D eigenvalue weighted by molar-refractivity contribution is 7.93. The molecule has 2 aromatic rings. The molecule has 0 radical (unpaired) electrons. The number of nitrogens with zero attached hydrogens (tertiary/aromatic N) is 1. The molecule has 1 N–H and O–H groups in total. The van der Waals surface area contributed by atoms with E-state index in [0.717, 1.165) is 5.56 Å². The summed E-state index contributed by atoms with van der Waals surface area (Å²) in [5, 5.41) is 2.82. The van der Waals surface area contributed by atoms with Crippen LogP contribution in [0.4, 0.5) is 11.4 Å². The number of rotatable bonds is 5. The summed E-state index contributed by atoms with van der Waals surface area (Å²) in [7, 11) is -0.197. The molecule has 144 valence electrons. The molecule has 0 spiro atoms. The molecule has 0 atom stereocenters. The molecule has 1 heterocycles. The Hall–Kier alpha value is -2.74. The van der Waals surface area contributed by atoms with Crippen LogP contribution in [0, 0.1) is 6.92 Å². The number of methoxy groups -OCH3 is 2. The second-order valence-corrected chi connectivity index (χ2v) is 8.28. The zero-order valence-electron chi connectivity index (χ0n) is 15.5. The molecule has 0 aliphatic carbocycles. The van der Waals surface area contributed by atoms with E-state index in [1.807, 2.05) is 6.92 Å². The maximum absolute atomic E-state index is 12.5. The number of carbonyl (C=O) groups excluding carboxylic acids is 1. The predicted octanol–water partition coefficient (Wildman–Crippen LogP) is 2.80. The van der Waals surface area contributed by atoms with Gasteiger partial charge in [-0.1, -0.05) is 0 Å². The van der Waals surface area contributed by atoms with Gasteiger partial charge in [-0.05, 0) is 55.3 Å². The second kappa shape index (κ2) is 7.48. The molecule has 2 aromatic carbocycles. The Balaban J connectivity index is 1.80. The van der Waals surface area contributed by atoms with Gasteiger partial charge in [0.2, 0.25) is 10.0 Å². The fraction of sp³-hybridized carbons (Fsp3) is 0.316. The van der Waals surface area contributed by atoms with Crippen LogP contribution in [0.1, 0.15) is 22.3 Å². The number of ether oxygens (including phenoxy) is 2. The van der Waals surface area contributed by atoms with E-state index in [9.17, 15) is 13.2 Å². The van der Waals surface area contributed by atoms with Gasteiger partial charge < -0.3 is 14.8 Å². The highest BCUT2D eigenvalue weighted by atomic mass is 32.2. The van der Waals surface area contributed by atoms with Crippen molar-refractivity contribution >= 4 is 27.3 Å². The first-order valence-electron chi connectivity index (χ1n) is 8.50. The molecule has 7 nitrogen and oxygen atoms in total. The summed E-state index contributed by atoms with van der Waals surface area (Å²) in [5.41, 5.74) is 2.45. The SMILES string of the molecule is COc1ccc(C(=O)Nc2ccc(N3CCCS3(=O)=O)c(C)c2)cc1OC. The number of aryl methyl sites for hydroxylation is 1. The maximum Gasteiger partial charge on any atom is 0.255 e. The first kappa shape index (κ1) is 19.0. The van der Waals surface area contributed by atoms with Crippen molar-refractivity contribution in [2.45, 2.75) is 13.3 Å². The van der Waals surface area contributed by atoms with Gasteiger partial charge in [0, 0.05) is 17.8 Å². The van der Waals surface area contributed by atoms with E-state index < -0.39 is 10.0 Å². The smallest absolute Gasteiger partial charge is 0.255 e. The largest absolute Gasteiger partial charge is 0.493 e. The molecule has 0 aromatic heterocycles. The fourth-order valence-corrected chi connectivity index (χ4v) is 4.73. The molecule has 1 aliphatic heterocycles. The van der Waals surface area contributed by atoms with Crippen molar-refractivity contribution in [3.8, 4) is 11.5 Å². The first-order chi connectivity index (χ1) is 12.9. The lowest BCUT2D eigenvalue weighted by Crippen LogP contribution is -2.25. The van der Waals surface area contributed by atoms with Crippen LogP contribution in [-0.4, -0.2) is 40.8 Å². The monoisotopic (exact) mass is 390 g/mol. The zero-order chi connectivity index (χ0) is 19.6. The third-order valence-electron chi connectivity index (χ3n) is 4.47. The van der Waals surface area contributed by atoms with E-state index in [4.69, 9.17) is 9.47 Å². The Bertz CT molecular complexity index is 972. The second-order valence-electron chi connectivity index (χ2n) is 6.27. The van der Waals surface area contributed by atoms with Gasteiger partial charge in [-0.3, -0.25) is 9.10 Å². The number of nitrogens with one attached hydrogen (secondary N) is 1. The predicted molar refractivity (Wildman–Crippen MR) is 104 cm³/mol. The fourth-order valence-electron chi connectivity index (χ4n) is 3.10. The molecular formula is C19H22N2O5S. The summed E-state index contributed by atoms with van der Waals surface area (Å²) in [5.74, 6) is 0.887. The van der Waals surface area contributed by atoms with Gasteiger partial charge in [-0.25, -0.2) is 8.42 Å². The number of sulfonamides is 1. The van der Waals surface area contributed by atoms with E-state index in [0.29, 0.717) is 41.4 Å². The summed E-state index contributed by atoms with van der Waals surface area (Å²) in [6.07, 6.45) is 0.625. The van der Waals surface area contributed by atoms with Gasteiger partial charge in [-0.2, -0.15) is 0 Å². The summed E-state index contributed by atoms with van der Waals surface area (Å²) in [4.78, 5) is 12.5. The lowest BCUT2D eigenvalue weighted by molar-refractivity contribution is 0.102. The maximum atomic E-state index is 12.5. The van der Waals surface area contributed by atoms with Crippen LogP contribution in [0.15, 0.2) is 36.4 Å². The minimum absolute atomic E-state index is 0.171. The van der Waals surface area contributed by atoms with Crippen LogP contribution >= 0.6 is 0 Å². The lowest BCUT2D eigenvalue weighted by atomic mass is 10.1. The number of carbonyl (C=O) groups is 1. The van der Waals surface area contributed by atoms with Crippen LogP contribution in [0.25, 0.3) is 0 Å². The summed E-state index contributed by atoms with van der Waals surface area (Å²) >= 11 is 0. The van der Waals surface area contributed by atoms with Crippen molar-refractivity contribution in [1.82, 2.24) is 0 Å². The summed E-state index contributed by atoms with van der Waals surface area (Å²) < 4.78 is 36.0. The summed E-state index contributed by atoms with van der Waals surface area (Å²) in [6, 6.07) is 10.1. The number of benzene rings is 2. The molecule has 8 heteroatoms. The molecular weight excluding hydrogens is 368 g/mol. The van der Waals surface area contributed by atoms with Crippen molar-refractivity contribution in [2.75, 3.05) is 36.1 Å². The molecule has 1 amide bonds. The van der Waals surface area contributed by atoms with Crippen molar-refractivity contribution in [3.05, 3.63) is 47.5 Å². The van der Waals surface area contributed by atoms with Gasteiger partial charge in [0.15, 0.2) is 11.5 Å². The summed E-state index contributed by atoms with van der Waals surface area (Å²) in [6.45, 7) is 2.32. The molecule has 0 unspecified atom stereocenters. The minimum atomic E-state index is -3.24. The average Bonchev–Trinajstić information content (AvgIpc) is 3.00. The number of anilines is 2. The van der Waals surface area contributed by atoms with E-state index in [2.05, 4.69) is 5.32 Å². The van der Waals surface area contributed by atoms with Crippen LogP contribution in [0.5, 0.6) is 11.5 Å². The average molecular weight is 390 g/mol. The Morgan fingerprint density at radius 1 is 1.07 bits per heavy atom. The Labute approximate surface area is 158 Å². The number of amides is 1. The van der Waals surface area contributed by atoms with E-state index in [1.165, 1.54) is 18.5 Å². The quantitative estimate of drug-likeness (QED) is 0.849. The molecule has 1 fully saturated rings. The molecule has 1 aliphatic rings. The van der Waals surface area contributed by atoms with Gasteiger partial charge >= 0.3 is 0 Å². The van der Waals surface area contributed by atoms with Crippen molar-refractivity contribution in [3.63, 3.8) is 0 Å². The normalized spacial score (nSPS) is 15.4. The first-order valence-corrected chi connectivity index (χ1v) is 10.1. The van der Waals surface area contributed by atoms with Crippen molar-refractivity contribution in [2.24, 2.45) is 0 Å². The van der Waals surface area contributed by atoms with Gasteiger partial charge in [0.05, 0.1) is 25.7 Å². The zero-order valence-corrected chi connectivity index (χ0v) is 16.3. The Kier molecular flexibility index (Phi) is 5.27. The van der Waals surface area contributed by atoms with Gasteiger partial charge in [0.1, 0.15) is 0 Å². The highest BCUT2D eigenvalue weighted by Gasteiger charge is 2.29.